The number of nitrogens with zero attached hydrogens (tertiary/aromatic N) is 4. The minimum atomic E-state index is -4.87. The Morgan fingerprint density at radius 3 is 2.49 bits per heavy atom. The molecule has 6 rings (SSSR count). The molecule has 2 aromatic carbocycles. The molecule has 1 saturated heterocycles. The van der Waals surface area contributed by atoms with E-state index in [0.717, 1.165) is 6.07 Å². The van der Waals surface area contributed by atoms with E-state index in [9.17, 15) is 31.5 Å². The Morgan fingerprint density at radius 2 is 1.80 bits per heavy atom. The molecule has 4 aromatic rings. The second kappa shape index (κ2) is 9.68. The van der Waals surface area contributed by atoms with Crippen molar-refractivity contribution in [2.75, 3.05) is 18.4 Å². The van der Waals surface area contributed by atoms with Gasteiger partial charge < -0.3 is 9.64 Å². The monoisotopic (exact) mass is 569 g/mol. The van der Waals surface area contributed by atoms with Crippen LogP contribution < -0.4 is 5.32 Å². The molecule has 0 saturated carbocycles. The Kier molecular flexibility index (Phi) is 6.24. The van der Waals surface area contributed by atoms with Gasteiger partial charge in [-0.1, -0.05) is 0 Å². The number of piperidine rings is 1. The van der Waals surface area contributed by atoms with Crippen molar-refractivity contribution in [3.63, 3.8) is 0 Å². The van der Waals surface area contributed by atoms with Crippen molar-refractivity contribution in [3.8, 4) is 16.9 Å². The van der Waals surface area contributed by atoms with Gasteiger partial charge in [0, 0.05) is 55.5 Å². The first-order chi connectivity index (χ1) is 19.5. The number of hydrogen-bond donors (Lipinski definition) is 1. The van der Waals surface area contributed by atoms with E-state index in [-0.39, 0.29) is 37.3 Å². The summed E-state index contributed by atoms with van der Waals surface area (Å²) in [7, 11) is 0. The third kappa shape index (κ3) is 4.77. The van der Waals surface area contributed by atoms with E-state index in [0.29, 0.717) is 34.6 Å². The molecule has 1 N–H and O–H groups in total. The summed E-state index contributed by atoms with van der Waals surface area (Å²) in [6.45, 7) is 0.290. The molecule has 210 valence electrons. The number of aromatic nitrogens is 3. The molecule has 0 atom stereocenters. The maximum atomic E-state index is 14.4. The lowest BCUT2D eigenvalue weighted by Crippen LogP contribution is -2.49. The number of carbonyl (C=O) groups excluding carboxylic acids is 2. The van der Waals surface area contributed by atoms with E-state index in [2.05, 4.69) is 15.4 Å². The molecule has 0 bridgehead atoms. The Bertz CT molecular complexity index is 1660. The molecular formula is C28H20F5N5O3. The highest BCUT2D eigenvalue weighted by atomic mass is 19.4. The predicted octanol–water partition coefficient (Wildman–Crippen LogP) is 5.92. The van der Waals surface area contributed by atoms with E-state index in [1.165, 1.54) is 46.2 Å². The Balaban J connectivity index is 1.31. The van der Waals surface area contributed by atoms with Crippen LogP contribution in [0.4, 0.5) is 32.4 Å². The van der Waals surface area contributed by atoms with Gasteiger partial charge in [0.15, 0.2) is 5.69 Å². The topological polar surface area (TPSA) is 89.4 Å². The van der Waals surface area contributed by atoms with Crippen LogP contribution in [0.1, 0.15) is 34.5 Å². The summed E-state index contributed by atoms with van der Waals surface area (Å²) < 4.78 is 74.7. The summed E-state index contributed by atoms with van der Waals surface area (Å²) in [6.07, 6.45) is -2.15. The SMILES string of the molecule is O=C1Nc2ccc(F)cc2C2(CCN(C(=O)c3cc(-c4cccnc4)n(-c4ccc(C(F)(F)F)c(F)c4)n3)CC2)O1. The third-order valence-corrected chi connectivity index (χ3v) is 7.24. The maximum Gasteiger partial charge on any atom is 0.419 e. The van der Waals surface area contributed by atoms with Crippen LogP contribution in [0.3, 0.4) is 0 Å². The number of likely N-dealkylation sites (tertiary alicyclic amines) is 1. The highest BCUT2D eigenvalue weighted by molar-refractivity contribution is 5.94. The van der Waals surface area contributed by atoms with Gasteiger partial charge in [0.2, 0.25) is 0 Å². The number of carbonyl (C=O) groups is 2. The van der Waals surface area contributed by atoms with Crippen molar-refractivity contribution in [2.45, 2.75) is 24.6 Å². The Labute approximate surface area is 229 Å². The molecule has 4 heterocycles. The molecule has 1 fully saturated rings. The summed E-state index contributed by atoms with van der Waals surface area (Å²) in [5.41, 5.74) is -0.866. The van der Waals surface area contributed by atoms with Gasteiger partial charge in [-0.15, -0.1) is 0 Å². The third-order valence-electron chi connectivity index (χ3n) is 7.24. The van der Waals surface area contributed by atoms with Crippen LogP contribution in [-0.2, 0) is 16.5 Å². The fourth-order valence-electron chi connectivity index (χ4n) is 5.24. The molecule has 41 heavy (non-hydrogen) atoms. The number of nitrogens with one attached hydrogen (secondary N) is 1. The van der Waals surface area contributed by atoms with Crippen molar-refractivity contribution < 1.29 is 36.3 Å². The van der Waals surface area contributed by atoms with E-state index in [1.54, 1.807) is 12.1 Å². The van der Waals surface area contributed by atoms with Crippen LogP contribution in [0.25, 0.3) is 16.9 Å². The number of amides is 2. The largest absolute Gasteiger partial charge is 0.438 e. The first-order valence-corrected chi connectivity index (χ1v) is 12.5. The molecule has 13 heteroatoms. The number of anilines is 1. The molecule has 2 aliphatic heterocycles. The van der Waals surface area contributed by atoms with E-state index < -0.39 is 41.0 Å². The molecule has 2 aromatic heterocycles. The van der Waals surface area contributed by atoms with Crippen molar-refractivity contribution in [2.24, 2.45) is 0 Å². The predicted molar refractivity (Wildman–Crippen MR) is 135 cm³/mol. The second-order valence-electron chi connectivity index (χ2n) is 9.72. The number of benzene rings is 2. The molecule has 0 unspecified atom stereocenters. The average Bonchev–Trinajstić information content (AvgIpc) is 3.39. The number of alkyl halides is 3. The second-order valence-corrected chi connectivity index (χ2v) is 9.72. The molecule has 2 aliphatic rings. The van der Waals surface area contributed by atoms with Gasteiger partial charge in [-0.05, 0) is 48.5 Å². The number of rotatable bonds is 3. The Hall–Kier alpha value is -4.81. The van der Waals surface area contributed by atoms with Crippen LogP contribution in [0.15, 0.2) is 67.0 Å². The van der Waals surface area contributed by atoms with Gasteiger partial charge in [-0.25, -0.2) is 18.3 Å². The lowest BCUT2D eigenvalue weighted by molar-refractivity contribution is -0.140. The zero-order valence-corrected chi connectivity index (χ0v) is 21.1. The van der Waals surface area contributed by atoms with Crippen LogP contribution in [0.2, 0.25) is 0 Å². The zero-order valence-electron chi connectivity index (χ0n) is 21.1. The van der Waals surface area contributed by atoms with Gasteiger partial charge in [0.1, 0.15) is 17.2 Å². The van der Waals surface area contributed by atoms with Crippen LogP contribution in [0.5, 0.6) is 0 Å². The van der Waals surface area contributed by atoms with Gasteiger partial charge >= 0.3 is 12.3 Å². The van der Waals surface area contributed by atoms with Gasteiger partial charge in [0.05, 0.1) is 22.6 Å². The lowest BCUT2D eigenvalue weighted by atomic mass is 9.82. The van der Waals surface area contributed by atoms with Crippen LogP contribution in [0, 0.1) is 11.6 Å². The fourth-order valence-corrected chi connectivity index (χ4v) is 5.24. The fraction of sp³-hybridized carbons (Fsp3) is 0.214. The Morgan fingerprint density at radius 1 is 1.02 bits per heavy atom. The maximum absolute atomic E-state index is 14.4. The van der Waals surface area contributed by atoms with Crippen molar-refractivity contribution in [1.82, 2.24) is 19.7 Å². The van der Waals surface area contributed by atoms with Gasteiger partial charge in [-0.3, -0.25) is 15.1 Å². The molecular weight excluding hydrogens is 549 g/mol. The van der Waals surface area contributed by atoms with Crippen molar-refractivity contribution >= 4 is 17.7 Å². The molecule has 8 nitrogen and oxygen atoms in total. The van der Waals surface area contributed by atoms with E-state index >= 15 is 0 Å². The normalized spacial score (nSPS) is 16.2. The van der Waals surface area contributed by atoms with Crippen molar-refractivity contribution in [1.29, 1.82) is 0 Å². The zero-order chi connectivity index (χ0) is 28.9. The summed E-state index contributed by atoms with van der Waals surface area (Å²) in [6, 6.07) is 11.1. The number of halogens is 5. The highest BCUT2D eigenvalue weighted by Gasteiger charge is 2.45. The number of hydrogen-bond acceptors (Lipinski definition) is 5. The average molecular weight is 569 g/mol. The number of fused-ring (bicyclic) bond motifs is 2. The smallest absolute Gasteiger partial charge is 0.419 e. The lowest BCUT2D eigenvalue weighted by Gasteiger charge is -2.44. The van der Waals surface area contributed by atoms with Crippen LogP contribution >= 0.6 is 0 Å². The summed E-state index contributed by atoms with van der Waals surface area (Å²) >= 11 is 0. The highest BCUT2D eigenvalue weighted by Crippen LogP contribution is 2.44. The van der Waals surface area contributed by atoms with Crippen LogP contribution in [-0.4, -0.2) is 44.8 Å². The molecule has 1 spiro atoms. The van der Waals surface area contributed by atoms with Gasteiger partial charge in [-0.2, -0.15) is 18.3 Å². The number of ether oxygens (including phenoxy) is 1. The standard InChI is InChI=1S/C28H20F5N5O3/c29-17-3-6-22-20(12-17)27(41-26(40)35-22)7-10-37(11-8-27)25(39)23-14-24(16-2-1-9-34-15-16)38(36-23)18-4-5-19(21(30)13-18)28(31,32)33/h1-6,9,12-15H,7-8,10-11H2,(H,35,40). The molecule has 2 amide bonds. The van der Waals surface area contributed by atoms with E-state index in [1.807, 2.05) is 0 Å². The molecule has 0 radical (unpaired) electrons. The first kappa shape index (κ1) is 26.4. The summed E-state index contributed by atoms with van der Waals surface area (Å²) in [4.78, 5) is 31.3. The van der Waals surface area contributed by atoms with Crippen molar-refractivity contribution in [3.05, 3.63) is 95.4 Å². The summed E-state index contributed by atoms with van der Waals surface area (Å²) in [5.74, 6) is -2.46. The quantitative estimate of drug-likeness (QED) is 0.309. The van der Waals surface area contributed by atoms with Gasteiger partial charge in [0.25, 0.3) is 5.91 Å². The summed E-state index contributed by atoms with van der Waals surface area (Å²) in [5, 5.41) is 6.89. The molecule has 0 aliphatic carbocycles. The minimum absolute atomic E-state index is 0.0220. The van der Waals surface area contributed by atoms with E-state index in [4.69, 9.17) is 4.74 Å². The number of pyridine rings is 1. The first-order valence-electron chi connectivity index (χ1n) is 12.5. The minimum Gasteiger partial charge on any atom is -0.438 e.